The van der Waals surface area contributed by atoms with Gasteiger partial charge in [-0.25, -0.2) is 0 Å². The summed E-state index contributed by atoms with van der Waals surface area (Å²) in [5, 5.41) is 13.7. The van der Waals surface area contributed by atoms with Gasteiger partial charge in [-0.15, -0.1) is 9.69 Å². The average molecular weight is 403 g/mol. The van der Waals surface area contributed by atoms with Crippen molar-refractivity contribution >= 4 is 5.71 Å². The molecule has 2 aromatic carbocycles. The van der Waals surface area contributed by atoms with E-state index in [1.807, 2.05) is 42.5 Å². The molecular weight excluding hydrogens is 380 g/mol. The molecule has 4 rings (SSSR count). The number of fused-ring (bicyclic) bond motifs is 1. The third-order valence-corrected chi connectivity index (χ3v) is 5.09. The summed E-state index contributed by atoms with van der Waals surface area (Å²) in [6.07, 6.45) is 2.87. The molecule has 2 aliphatic rings. The molecule has 2 aliphatic heterocycles. The molecular formula is C20H23BrN2O2. The van der Waals surface area contributed by atoms with Crippen LogP contribution in [0.15, 0.2) is 54.6 Å². The molecule has 0 saturated carbocycles. The maximum atomic E-state index is 11.5. The van der Waals surface area contributed by atoms with Crippen LogP contribution in [0.3, 0.4) is 0 Å². The minimum Gasteiger partial charge on any atom is -1.00 e. The maximum Gasteiger partial charge on any atom is 0.225 e. The Hall–Kier alpha value is -1.85. The number of ether oxygens (including phenoxy) is 1. The Morgan fingerprint density at radius 3 is 2.44 bits per heavy atom. The highest BCUT2D eigenvalue weighted by atomic mass is 79.9. The molecule has 1 unspecified atom stereocenters. The third kappa shape index (κ3) is 3.07. The second-order valence-electron chi connectivity index (χ2n) is 6.49. The first kappa shape index (κ1) is 18.0. The smallest absolute Gasteiger partial charge is 0.225 e. The third-order valence-electron chi connectivity index (χ3n) is 5.09. The standard InChI is InChI=1S/C20H23N2O2.BrH/c1-24-18-11-9-16(10-12-18)19-15-20(23,17-7-3-2-4-8-17)22-14-6-5-13-21(19)22;/h2-4,7-12,23H,5-6,13-15H2,1H3;1H/q+1;/p-1. The van der Waals surface area contributed by atoms with Gasteiger partial charge in [0.25, 0.3) is 0 Å². The number of benzene rings is 2. The van der Waals surface area contributed by atoms with Crippen molar-refractivity contribution in [3.8, 4) is 5.75 Å². The molecule has 0 amide bonds. The number of hydrazine groups is 1. The van der Waals surface area contributed by atoms with Crippen molar-refractivity contribution in [3.05, 3.63) is 65.7 Å². The van der Waals surface area contributed by atoms with E-state index >= 15 is 0 Å². The van der Waals surface area contributed by atoms with Crippen LogP contribution in [0.25, 0.3) is 0 Å². The minimum absolute atomic E-state index is 0. The van der Waals surface area contributed by atoms with E-state index in [9.17, 15) is 5.11 Å². The van der Waals surface area contributed by atoms with Crippen LogP contribution in [-0.2, 0) is 5.72 Å². The first-order chi connectivity index (χ1) is 11.7. The van der Waals surface area contributed by atoms with Crippen molar-refractivity contribution in [2.45, 2.75) is 25.0 Å². The molecule has 1 N–H and O–H groups in total. The van der Waals surface area contributed by atoms with Crippen LogP contribution in [0, 0.1) is 0 Å². The van der Waals surface area contributed by atoms with Crippen molar-refractivity contribution in [2.24, 2.45) is 0 Å². The number of rotatable bonds is 3. The van der Waals surface area contributed by atoms with Gasteiger partial charge in [0.1, 0.15) is 5.75 Å². The number of hydrogen-bond acceptors (Lipinski definition) is 3. The normalized spacial score (nSPS) is 22.4. The van der Waals surface area contributed by atoms with Gasteiger partial charge in [0.15, 0.2) is 6.54 Å². The van der Waals surface area contributed by atoms with Gasteiger partial charge in [-0.1, -0.05) is 30.3 Å². The van der Waals surface area contributed by atoms with Crippen LogP contribution in [0.5, 0.6) is 5.75 Å². The zero-order chi connectivity index (χ0) is 16.6. The predicted octanol–water partition coefficient (Wildman–Crippen LogP) is -0.239. The summed E-state index contributed by atoms with van der Waals surface area (Å²) in [7, 11) is 1.68. The molecule has 25 heavy (non-hydrogen) atoms. The van der Waals surface area contributed by atoms with Crippen LogP contribution in [0.2, 0.25) is 0 Å². The lowest BCUT2D eigenvalue weighted by atomic mass is 9.94. The summed E-state index contributed by atoms with van der Waals surface area (Å²) in [6, 6.07) is 18.1. The first-order valence-electron chi connectivity index (χ1n) is 8.55. The number of hydrazone groups is 1. The highest BCUT2D eigenvalue weighted by Gasteiger charge is 2.52. The van der Waals surface area contributed by atoms with E-state index in [0.29, 0.717) is 6.42 Å². The first-order valence-corrected chi connectivity index (χ1v) is 8.55. The van der Waals surface area contributed by atoms with Crippen LogP contribution >= 0.6 is 0 Å². The highest BCUT2D eigenvalue weighted by molar-refractivity contribution is 5.98. The number of methoxy groups -OCH3 is 1. The van der Waals surface area contributed by atoms with Crippen molar-refractivity contribution in [1.82, 2.24) is 5.01 Å². The largest absolute Gasteiger partial charge is 1.00 e. The van der Waals surface area contributed by atoms with Gasteiger partial charge < -0.3 is 26.8 Å². The van der Waals surface area contributed by atoms with Gasteiger partial charge in [0, 0.05) is 17.5 Å². The van der Waals surface area contributed by atoms with Gasteiger partial charge in [0.05, 0.1) is 20.1 Å². The van der Waals surface area contributed by atoms with E-state index in [0.717, 1.165) is 42.8 Å². The van der Waals surface area contributed by atoms with E-state index in [2.05, 4.69) is 21.8 Å². The molecule has 2 heterocycles. The Balaban J connectivity index is 0.00000182. The lowest BCUT2D eigenvalue weighted by Gasteiger charge is -2.33. The summed E-state index contributed by atoms with van der Waals surface area (Å²) in [4.78, 5) is 0. The van der Waals surface area contributed by atoms with Gasteiger partial charge in [-0.2, -0.15) is 0 Å². The molecule has 1 atom stereocenters. The van der Waals surface area contributed by atoms with Gasteiger partial charge in [-0.3, -0.25) is 0 Å². The second-order valence-corrected chi connectivity index (χ2v) is 6.49. The lowest BCUT2D eigenvalue weighted by molar-refractivity contribution is -0.717. The monoisotopic (exact) mass is 402 g/mol. The Morgan fingerprint density at radius 2 is 1.76 bits per heavy atom. The van der Waals surface area contributed by atoms with Crippen molar-refractivity contribution in [1.29, 1.82) is 0 Å². The van der Waals surface area contributed by atoms with Gasteiger partial charge in [0.2, 0.25) is 11.4 Å². The number of nitrogens with zero attached hydrogens (tertiary/aromatic N) is 2. The van der Waals surface area contributed by atoms with E-state index < -0.39 is 5.72 Å². The minimum atomic E-state index is -0.961. The van der Waals surface area contributed by atoms with Gasteiger partial charge >= 0.3 is 0 Å². The molecule has 0 aliphatic carbocycles. The molecule has 1 saturated heterocycles. The summed E-state index contributed by atoms with van der Waals surface area (Å²) in [5.74, 6) is 0.853. The van der Waals surface area contributed by atoms with Crippen molar-refractivity contribution < 1.29 is 31.5 Å². The highest BCUT2D eigenvalue weighted by Crippen LogP contribution is 2.38. The number of halogens is 1. The average Bonchev–Trinajstić information content (AvgIpc) is 2.97. The zero-order valence-corrected chi connectivity index (χ0v) is 15.9. The number of aliphatic hydroxyl groups is 1. The molecule has 4 nitrogen and oxygen atoms in total. The molecule has 0 radical (unpaired) electrons. The summed E-state index contributed by atoms with van der Waals surface area (Å²) < 4.78 is 7.54. The van der Waals surface area contributed by atoms with Crippen LogP contribution in [0.4, 0.5) is 0 Å². The van der Waals surface area contributed by atoms with Gasteiger partial charge in [-0.05, 0) is 30.7 Å². The van der Waals surface area contributed by atoms with Crippen LogP contribution in [0.1, 0.15) is 30.4 Å². The molecule has 1 fully saturated rings. The van der Waals surface area contributed by atoms with E-state index in [4.69, 9.17) is 4.74 Å². The maximum absolute atomic E-state index is 11.5. The van der Waals surface area contributed by atoms with Crippen molar-refractivity contribution in [3.63, 3.8) is 0 Å². The Labute approximate surface area is 159 Å². The Kier molecular flexibility index (Phi) is 5.16. The lowest BCUT2D eigenvalue weighted by Crippen LogP contribution is -3.00. The summed E-state index contributed by atoms with van der Waals surface area (Å²) in [6.45, 7) is 1.83. The molecule has 132 valence electrons. The fourth-order valence-corrected chi connectivity index (χ4v) is 3.84. The molecule has 2 aromatic rings. The van der Waals surface area contributed by atoms with Crippen LogP contribution < -0.4 is 21.7 Å². The van der Waals surface area contributed by atoms with E-state index in [1.165, 1.54) is 5.71 Å². The summed E-state index contributed by atoms with van der Waals surface area (Å²) >= 11 is 0. The van der Waals surface area contributed by atoms with E-state index in [1.54, 1.807) is 7.11 Å². The number of hydrogen-bond donors (Lipinski definition) is 1. The topological polar surface area (TPSA) is 35.7 Å². The Morgan fingerprint density at radius 1 is 1.04 bits per heavy atom. The van der Waals surface area contributed by atoms with E-state index in [-0.39, 0.29) is 17.0 Å². The fourth-order valence-electron chi connectivity index (χ4n) is 3.84. The van der Waals surface area contributed by atoms with Crippen molar-refractivity contribution in [2.75, 3.05) is 20.2 Å². The zero-order valence-electron chi connectivity index (χ0n) is 14.4. The SMILES string of the molecule is COc1ccc(C2=[N+]3CCCCN3C(O)(c3ccccc3)C2)cc1.[Br-]. The van der Waals surface area contributed by atoms with Crippen LogP contribution in [-0.4, -0.2) is 40.7 Å². The predicted molar refractivity (Wildman–Crippen MR) is 93.1 cm³/mol. The second kappa shape index (κ2) is 7.18. The quantitative estimate of drug-likeness (QED) is 0.719. The fraction of sp³-hybridized carbons (Fsp3) is 0.350. The molecule has 0 spiro atoms. The molecule has 5 heteroatoms. The summed E-state index contributed by atoms with van der Waals surface area (Å²) in [5.41, 5.74) is 2.33. The molecule has 0 aromatic heterocycles. The molecule has 0 bridgehead atoms. The Bertz CT molecular complexity index is 761.